The Morgan fingerprint density at radius 2 is 1.85 bits per heavy atom. The predicted molar refractivity (Wildman–Crippen MR) is 98.5 cm³/mol. The van der Waals surface area contributed by atoms with Crippen LogP contribution in [0.3, 0.4) is 0 Å². The average molecular weight is 368 g/mol. The van der Waals surface area contributed by atoms with E-state index >= 15 is 0 Å². The second-order valence-electron chi connectivity index (χ2n) is 6.31. The molecule has 1 amide bonds. The van der Waals surface area contributed by atoms with E-state index in [1.807, 2.05) is 36.4 Å². The number of fused-ring (bicyclic) bond motifs is 1. The quantitative estimate of drug-likeness (QED) is 0.829. The molecule has 2 aromatic rings. The molecule has 2 aromatic carbocycles. The molecule has 2 aliphatic heterocycles. The van der Waals surface area contributed by atoms with E-state index in [1.165, 1.54) is 11.9 Å². The first-order valence-corrected chi connectivity index (χ1v) is 8.60. The van der Waals surface area contributed by atoms with Gasteiger partial charge in [-0.15, -0.1) is 0 Å². The number of carbonyl (C=O) groups is 1. The summed E-state index contributed by atoms with van der Waals surface area (Å²) in [6.07, 6.45) is 0.592. The molecule has 0 fully saturated rings. The van der Waals surface area contributed by atoms with Crippen LogP contribution in [-0.2, 0) is 4.79 Å². The van der Waals surface area contributed by atoms with E-state index in [0.29, 0.717) is 23.7 Å². The topological polar surface area (TPSA) is 69.6 Å². The first-order chi connectivity index (χ1) is 13.1. The third-order valence-corrected chi connectivity index (χ3v) is 4.73. The first kappa shape index (κ1) is 17.2. The zero-order valence-corrected chi connectivity index (χ0v) is 15.4. The highest BCUT2D eigenvalue weighted by Gasteiger charge is 2.32. The first-order valence-electron chi connectivity index (χ1n) is 8.60. The molecule has 0 saturated heterocycles. The fraction of sp³-hybridized carbons (Fsp3) is 0.300. The van der Waals surface area contributed by atoms with Crippen LogP contribution in [0.1, 0.15) is 30.5 Å². The molecule has 7 nitrogen and oxygen atoms in total. The van der Waals surface area contributed by atoms with Gasteiger partial charge in [0.25, 0.3) is 0 Å². The molecule has 0 saturated carbocycles. The van der Waals surface area contributed by atoms with Crippen molar-refractivity contribution in [2.45, 2.75) is 19.4 Å². The summed E-state index contributed by atoms with van der Waals surface area (Å²) >= 11 is 0. The molecule has 2 heterocycles. The van der Waals surface area contributed by atoms with E-state index in [0.717, 1.165) is 22.6 Å². The summed E-state index contributed by atoms with van der Waals surface area (Å²) in [7, 11) is 3.18. The van der Waals surface area contributed by atoms with E-state index in [9.17, 15) is 4.79 Å². The van der Waals surface area contributed by atoms with Crippen molar-refractivity contribution in [2.75, 3.05) is 21.0 Å². The van der Waals surface area contributed by atoms with Gasteiger partial charge in [0.05, 0.1) is 26.0 Å². The number of hydrogen-bond donors (Lipinski definition) is 0. The van der Waals surface area contributed by atoms with Gasteiger partial charge in [0.2, 0.25) is 12.7 Å². The van der Waals surface area contributed by atoms with Crippen molar-refractivity contribution in [3.8, 4) is 23.0 Å². The van der Waals surface area contributed by atoms with Gasteiger partial charge in [0.1, 0.15) is 0 Å². The number of nitrogens with zero attached hydrogens (tertiary/aromatic N) is 2. The lowest BCUT2D eigenvalue weighted by atomic mass is 9.98. The lowest BCUT2D eigenvalue weighted by molar-refractivity contribution is -0.130. The molecule has 4 rings (SSSR count). The van der Waals surface area contributed by atoms with E-state index in [1.54, 1.807) is 14.2 Å². The molecule has 7 heteroatoms. The fourth-order valence-corrected chi connectivity index (χ4v) is 3.37. The van der Waals surface area contributed by atoms with Crippen LogP contribution >= 0.6 is 0 Å². The second kappa shape index (κ2) is 6.83. The van der Waals surface area contributed by atoms with Crippen LogP contribution in [0.5, 0.6) is 23.0 Å². The Kier molecular flexibility index (Phi) is 4.35. The molecule has 2 aliphatic rings. The van der Waals surface area contributed by atoms with Crippen LogP contribution in [0.15, 0.2) is 41.5 Å². The molecule has 0 spiro atoms. The minimum absolute atomic E-state index is 0.120. The Labute approximate surface area is 157 Å². The van der Waals surface area contributed by atoms with Crippen molar-refractivity contribution in [1.82, 2.24) is 5.01 Å². The van der Waals surface area contributed by atoms with Crippen molar-refractivity contribution in [2.24, 2.45) is 5.10 Å². The van der Waals surface area contributed by atoms with E-state index in [-0.39, 0.29) is 18.7 Å². The van der Waals surface area contributed by atoms with Gasteiger partial charge in [-0.25, -0.2) is 5.01 Å². The largest absolute Gasteiger partial charge is 0.493 e. The highest BCUT2D eigenvalue weighted by atomic mass is 16.7. The van der Waals surface area contributed by atoms with Gasteiger partial charge < -0.3 is 18.9 Å². The third kappa shape index (κ3) is 3.05. The number of ether oxygens (including phenoxy) is 4. The van der Waals surface area contributed by atoms with Crippen LogP contribution < -0.4 is 18.9 Å². The van der Waals surface area contributed by atoms with E-state index in [4.69, 9.17) is 18.9 Å². The third-order valence-electron chi connectivity index (χ3n) is 4.73. The number of methoxy groups -OCH3 is 2. The van der Waals surface area contributed by atoms with Crippen molar-refractivity contribution in [3.05, 3.63) is 47.5 Å². The molecule has 0 aromatic heterocycles. The minimum atomic E-state index is -0.206. The zero-order valence-electron chi connectivity index (χ0n) is 15.4. The molecular weight excluding hydrogens is 348 g/mol. The summed E-state index contributed by atoms with van der Waals surface area (Å²) in [5.74, 6) is 2.56. The van der Waals surface area contributed by atoms with E-state index < -0.39 is 0 Å². The molecule has 27 heavy (non-hydrogen) atoms. The van der Waals surface area contributed by atoms with Crippen molar-refractivity contribution in [3.63, 3.8) is 0 Å². The SMILES string of the molecule is COc1ccc([C@@H]2CC(c3ccc4c(c3)OCO4)=NN2C(C)=O)cc1OC. The van der Waals surface area contributed by atoms with Crippen LogP contribution in [0.2, 0.25) is 0 Å². The standard InChI is InChI=1S/C20H20N2O5/c1-12(23)22-16(14-5-6-17(24-2)19(9-14)25-3)10-15(21-22)13-4-7-18-20(8-13)27-11-26-18/h4-9,16H,10-11H2,1-3H3/t16-/m0/s1. The lowest BCUT2D eigenvalue weighted by Gasteiger charge is -2.21. The number of rotatable bonds is 4. The fourth-order valence-electron chi connectivity index (χ4n) is 3.37. The van der Waals surface area contributed by atoms with Crippen molar-refractivity contribution >= 4 is 11.6 Å². The maximum absolute atomic E-state index is 12.2. The van der Waals surface area contributed by atoms with Gasteiger partial charge in [0, 0.05) is 18.9 Å². The number of benzene rings is 2. The summed E-state index contributed by atoms with van der Waals surface area (Å²) in [5.41, 5.74) is 2.67. The Morgan fingerprint density at radius 1 is 1.07 bits per heavy atom. The Balaban J connectivity index is 1.67. The van der Waals surface area contributed by atoms with Gasteiger partial charge in [-0.2, -0.15) is 5.10 Å². The van der Waals surface area contributed by atoms with E-state index in [2.05, 4.69) is 5.10 Å². The molecule has 1 atom stereocenters. The second-order valence-corrected chi connectivity index (χ2v) is 6.31. The zero-order chi connectivity index (χ0) is 19.0. The molecule has 0 unspecified atom stereocenters. The highest BCUT2D eigenvalue weighted by molar-refractivity contribution is 6.03. The smallest absolute Gasteiger partial charge is 0.240 e. The molecule has 0 bridgehead atoms. The lowest BCUT2D eigenvalue weighted by Crippen LogP contribution is -2.24. The van der Waals surface area contributed by atoms with Gasteiger partial charge in [-0.3, -0.25) is 4.79 Å². The minimum Gasteiger partial charge on any atom is -0.493 e. The molecule has 140 valence electrons. The van der Waals surface area contributed by atoms with Crippen LogP contribution in [-0.4, -0.2) is 37.6 Å². The molecule has 0 aliphatic carbocycles. The van der Waals surface area contributed by atoms with Gasteiger partial charge in [-0.1, -0.05) is 6.07 Å². The number of amides is 1. The monoisotopic (exact) mass is 368 g/mol. The van der Waals surface area contributed by atoms with Crippen molar-refractivity contribution < 1.29 is 23.7 Å². The summed E-state index contributed by atoms with van der Waals surface area (Å²) < 4.78 is 21.5. The van der Waals surface area contributed by atoms with Crippen molar-refractivity contribution in [1.29, 1.82) is 0 Å². The molecular formula is C20H20N2O5. The Hall–Kier alpha value is -3.22. The maximum Gasteiger partial charge on any atom is 0.240 e. The molecule has 0 radical (unpaired) electrons. The Morgan fingerprint density at radius 3 is 2.59 bits per heavy atom. The van der Waals surface area contributed by atoms with Gasteiger partial charge in [0.15, 0.2) is 23.0 Å². The van der Waals surface area contributed by atoms with Gasteiger partial charge in [-0.05, 0) is 35.9 Å². The number of hydrazone groups is 1. The average Bonchev–Trinajstić information content (AvgIpc) is 3.33. The number of carbonyl (C=O) groups excluding carboxylic acids is 1. The van der Waals surface area contributed by atoms with Gasteiger partial charge >= 0.3 is 0 Å². The maximum atomic E-state index is 12.2. The number of hydrogen-bond acceptors (Lipinski definition) is 6. The summed E-state index contributed by atoms with van der Waals surface area (Å²) in [4.78, 5) is 12.2. The summed E-state index contributed by atoms with van der Waals surface area (Å²) in [5, 5.41) is 6.09. The van der Waals surface area contributed by atoms with Crippen LogP contribution in [0.25, 0.3) is 0 Å². The normalized spacial score (nSPS) is 17.7. The Bertz CT molecular complexity index is 925. The summed E-state index contributed by atoms with van der Waals surface area (Å²) in [6.45, 7) is 1.74. The summed E-state index contributed by atoms with van der Waals surface area (Å²) in [6, 6.07) is 11.1. The van der Waals surface area contributed by atoms with Crippen LogP contribution in [0.4, 0.5) is 0 Å². The highest BCUT2D eigenvalue weighted by Crippen LogP contribution is 2.39. The van der Waals surface area contributed by atoms with Crippen LogP contribution in [0, 0.1) is 0 Å². The molecule has 0 N–H and O–H groups in total. The predicted octanol–water partition coefficient (Wildman–Crippen LogP) is 3.13.